The molecule has 0 aromatic heterocycles. The van der Waals surface area contributed by atoms with Crippen molar-refractivity contribution in [2.45, 2.75) is 52.8 Å². The largest absolute Gasteiger partial charge is 0.497 e. The lowest BCUT2D eigenvalue weighted by Crippen LogP contribution is -2.45. The average Bonchev–Trinajstić information content (AvgIpc) is 2.65. The Morgan fingerprint density at radius 2 is 1.67 bits per heavy atom. The van der Waals surface area contributed by atoms with Gasteiger partial charge in [0.1, 0.15) is 5.75 Å². The second-order valence-corrected chi connectivity index (χ2v) is 7.11. The maximum absolute atomic E-state index is 5.73. The molecule has 0 radical (unpaired) electrons. The molecule has 0 heterocycles. The average molecular weight is 379 g/mol. The lowest BCUT2D eigenvalue weighted by atomic mass is 10.2. The van der Waals surface area contributed by atoms with Crippen LogP contribution >= 0.6 is 0 Å². The molecule has 0 aliphatic rings. The van der Waals surface area contributed by atoms with Crippen LogP contribution in [0.2, 0.25) is 0 Å². The Bertz CT molecular complexity index is 521. The predicted molar refractivity (Wildman–Crippen MR) is 114 cm³/mol. The monoisotopic (exact) mass is 378 g/mol. The molecular formula is C21H38N4O2. The number of rotatable bonds is 12. The highest BCUT2D eigenvalue weighted by Gasteiger charge is 2.12. The zero-order valence-electron chi connectivity index (χ0n) is 17.9. The molecule has 0 saturated carbocycles. The van der Waals surface area contributed by atoms with E-state index >= 15 is 0 Å². The molecule has 0 spiro atoms. The highest BCUT2D eigenvalue weighted by atomic mass is 16.5. The minimum atomic E-state index is 0.546. The van der Waals surface area contributed by atoms with E-state index in [1.54, 1.807) is 14.2 Å². The Labute approximate surface area is 165 Å². The summed E-state index contributed by atoms with van der Waals surface area (Å²) in [6.07, 6.45) is 0.932. The van der Waals surface area contributed by atoms with Crippen LogP contribution in [0.1, 0.15) is 39.7 Å². The van der Waals surface area contributed by atoms with Crippen LogP contribution in [0.3, 0.4) is 0 Å². The number of benzene rings is 1. The molecule has 0 aliphatic heterocycles. The number of hydrogen-bond acceptors (Lipinski definition) is 4. The standard InChI is InChI=1S/C21H38N4O2/c1-17(2)25(18(3)4)14-13-24-21(22-5)23-12-7-15-27-16-19-8-10-20(26-6)11-9-19/h8-11,17-18H,7,12-16H2,1-6H3,(H2,22,23,24). The first-order chi connectivity index (χ1) is 13.0. The third-order valence-corrected chi connectivity index (χ3v) is 4.40. The fraction of sp³-hybridized carbons (Fsp3) is 0.667. The molecule has 1 aromatic rings. The van der Waals surface area contributed by atoms with Gasteiger partial charge in [-0.25, -0.2) is 0 Å². The molecule has 1 rings (SSSR count). The zero-order valence-corrected chi connectivity index (χ0v) is 17.9. The molecule has 0 saturated heterocycles. The smallest absolute Gasteiger partial charge is 0.191 e. The van der Waals surface area contributed by atoms with Gasteiger partial charge >= 0.3 is 0 Å². The summed E-state index contributed by atoms with van der Waals surface area (Å²) in [6, 6.07) is 9.06. The third-order valence-electron chi connectivity index (χ3n) is 4.40. The van der Waals surface area contributed by atoms with E-state index in [2.05, 4.69) is 48.2 Å². The van der Waals surface area contributed by atoms with Crippen LogP contribution in [-0.4, -0.2) is 63.3 Å². The number of ether oxygens (including phenoxy) is 2. The normalized spacial score (nSPS) is 12.1. The van der Waals surface area contributed by atoms with E-state index < -0.39 is 0 Å². The number of guanidine groups is 1. The van der Waals surface area contributed by atoms with Gasteiger partial charge in [-0.15, -0.1) is 0 Å². The van der Waals surface area contributed by atoms with Crippen molar-refractivity contribution >= 4 is 5.96 Å². The number of hydrogen-bond donors (Lipinski definition) is 2. The van der Waals surface area contributed by atoms with Gasteiger partial charge in [0.2, 0.25) is 0 Å². The number of aliphatic imine (C=N–C) groups is 1. The van der Waals surface area contributed by atoms with Crippen molar-refractivity contribution in [2.24, 2.45) is 4.99 Å². The molecule has 27 heavy (non-hydrogen) atoms. The minimum Gasteiger partial charge on any atom is -0.497 e. The molecule has 0 fully saturated rings. The van der Waals surface area contributed by atoms with Gasteiger partial charge in [-0.05, 0) is 51.8 Å². The maximum atomic E-state index is 5.73. The van der Waals surface area contributed by atoms with Crippen LogP contribution in [0, 0.1) is 0 Å². The van der Waals surface area contributed by atoms with Gasteiger partial charge in [0.15, 0.2) is 5.96 Å². The zero-order chi connectivity index (χ0) is 20.1. The van der Waals surface area contributed by atoms with Crippen molar-refractivity contribution < 1.29 is 9.47 Å². The first kappa shape index (κ1) is 23.2. The summed E-state index contributed by atoms with van der Waals surface area (Å²) in [6.45, 7) is 13.0. The van der Waals surface area contributed by atoms with E-state index in [0.717, 1.165) is 43.3 Å². The van der Waals surface area contributed by atoms with Crippen molar-refractivity contribution in [1.82, 2.24) is 15.5 Å². The van der Waals surface area contributed by atoms with E-state index in [9.17, 15) is 0 Å². The second kappa shape index (κ2) is 13.4. The Hall–Kier alpha value is -1.79. The first-order valence-corrected chi connectivity index (χ1v) is 9.88. The molecule has 0 atom stereocenters. The van der Waals surface area contributed by atoms with Gasteiger partial charge in [0.25, 0.3) is 0 Å². The molecule has 2 N–H and O–H groups in total. The summed E-state index contributed by atoms with van der Waals surface area (Å²) in [4.78, 5) is 6.75. The van der Waals surface area contributed by atoms with Crippen molar-refractivity contribution in [3.63, 3.8) is 0 Å². The van der Waals surface area contributed by atoms with Crippen LogP contribution in [0.25, 0.3) is 0 Å². The van der Waals surface area contributed by atoms with E-state index in [-0.39, 0.29) is 0 Å². The van der Waals surface area contributed by atoms with Crippen LogP contribution in [0.4, 0.5) is 0 Å². The van der Waals surface area contributed by atoms with Gasteiger partial charge < -0.3 is 20.1 Å². The van der Waals surface area contributed by atoms with Gasteiger partial charge in [0.05, 0.1) is 13.7 Å². The first-order valence-electron chi connectivity index (χ1n) is 9.88. The topological polar surface area (TPSA) is 58.1 Å². The van der Waals surface area contributed by atoms with Crippen LogP contribution in [0.5, 0.6) is 5.75 Å². The van der Waals surface area contributed by atoms with Crippen LogP contribution in [-0.2, 0) is 11.3 Å². The van der Waals surface area contributed by atoms with Crippen molar-refractivity contribution in [3.05, 3.63) is 29.8 Å². The van der Waals surface area contributed by atoms with E-state index in [1.165, 1.54) is 0 Å². The summed E-state index contributed by atoms with van der Waals surface area (Å²) in [7, 11) is 3.48. The second-order valence-electron chi connectivity index (χ2n) is 7.11. The molecule has 0 unspecified atom stereocenters. The molecule has 0 bridgehead atoms. The summed E-state index contributed by atoms with van der Waals surface area (Å²) in [5, 5.41) is 6.72. The predicted octanol–water partition coefficient (Wildman–Crippen LogP) is 2.89. The maximum Gasteiger partial charge on any atom is 0.191 e. The Balaban J connectivity index is 2.14. The van der Waals surface area contributed by atoms with Crippen LogP contribution < -0.4 is 15.4 Å². The summed E-state index contributed by atoms with van der Waals surface area (Å²) in [5.41, 5.74) is 1.15. The van der Waals surface area contributed by atoms with E-state index in [1.807, 2.05) is 24.3 Å². The molecule has 6 nitrogen and oxygen atoms in total. The van der Waals surface area contributed by atoms with Gasteiger partial charge in [0, 0.05) is 45.4 Å². The van der Waals surface area contributed by atoms with Crippen molar-refractivity contribution in [2.75, 3.05) is 40.4 Å². The van der Waals surface area contributed by atoms with Crippen molar-refractivity contribution in [3.8, 4) is 5.75 Å². The van der Waals surface area contributed by atoms with Gasteiger partial charge in [-0.2, -0.15) is 0 Å². The number of nitrogens with zero attached hydrogens (tertiary/aromatic N) is 2. The highest BCUT2D eigenvalue weighted by molar-refractivity contribution is 5.79. The fourth-order valence-corrected chi connectivity index (χ4v) is 2.93. The summed E-state index contributed by atoms with van der Waals surface area (Å²) < 4.78 is 10.9. The molecule has 0 amide bonds. The molecule has 1 aromatic carbocycles. The quantitative estimate of drug-likeness (QED) is 0.333. The SMILES string of the molecule is CN=C(NCCCOCc1ccc(OC)cc1)NCCN(C(C)C)C(C)C. The summed E-state index contributed by atoms with van der Waals surface area (Å²) >= 11 is 0. The van der Waals surface area contributed by atoms with Crippen LogP contribution in [0.15, 0.2) is 29.3 Å². The number of methoxy groups -OCH3 is 1. The molecular weight excluding hydrogens is 340 g/mol. The lowest BCUT2D eigenvalue weighted by molar-refractivity contribution is 0.119. The molecule has 0 aliphatic carbocycles. The van der Waals surface area contributed by atoms with Crippen molar-refractivity contribution in [1.29, 1.82) is 0 Å². The number of nitrogens with one attached hydrogen (secondary N) is 2. The third kappa shape index (κ3) is 9.63. The minimum absolute atomic E-state index is 0.546. The lowest BCUT2D eigenvalue weighted by Gasteiger charge is -2.30. The van der Waals surface area contributed by atoms with E-state index in [4.69, 9.17) is 9.47 Å². The molecule has 154 valence electrons. The van der Waals surface area contributed by atoms with E-state index in [0.29, 0.717) is 25.3 Å². The Kier molecular flexibility index (Phi) is 11.5. The summed E-state index contributed by atoms with van der Waals surface area (Å²) in [5.74, 6) is 1.71. The van der Waals surface area contributed by atoms with Gasteiger partial charge in [-0.1, -0.05) is 12.1 Å². The van der Waals surface area contributed by atoms with Gasteiger partial charge in [-0.3, -0.25) is 9.89 Å². The highest BCUT2D eigenvalue weighted by Crippen LogP contribution is 2.11. The Morgan fingerprint density at radius 3 is 2.22 bits per heavy atom. The fourth-order valence-electron chi connectivity index (χ4n) is 2.93. The molecule has 6 heteroatoms. The Morgan fingerprint density at radius 1 is 1.04 bits per heavy atom.